The number of carbonyl (C=O) groups excluding carboxylic acids is 2. The predicted molar refractivity (Wildman–Crippen MR) is 73.7 cm³/mol. The quantitative estimate of drug-likeness (QED) is 0.490. The van der Waals surface area contributed by atoms with E-state index in [-0.39, 0.29) is 0 Å². The second kappa shape index (κ2) is 5.75. The Bertz CT molecular complexity index is 579. The van der Waals surface area contributed by atoms with E-state index in [2.05, 4.69) is 4.74 Å². The van der Waals surface area contributed by atoms with Crippen LogP contribution in [0.2, 0.25) is 0 Å². The molecule has 0 amide bonds. The summed E-state index contributed by atoms with van der Waals surface area (Å²) in [4.78, 5) is 25.4. The van der Waals surface area contributed by atoms with E-state index in [1.54, 1.807) is 28.7 Å². The first-order chi connectivity index (χ1) is 8.70. The highest BCUT2D eigenvalue weighted by molar-refractivity contribution is 7.21. The Morgan fingerprint density at radius 1 is 1.22 bits per heavy atom. The first kappa shape index (κ1) is 12.7. The summed E-state index contributed by atoms with van der Waals surface area (Å²) in [5.74, 6) is -1.50. The number of hydrogen-bond acceptors (Lipinski definition) is 5. The van der Waals surface area contributed by atoms with E-state index >= 15 is 0 Å². The fraction of sp³-hybridized carbons (Fsp3) is 0.0769. The van der Waals surface area contributed by atoms with E-state index in [0.717, 1.165) is 9.75 Å². The molecule has 0 N–H and O–H groups in total. The van der Waals surface area contributed by atoms with E-state index < -0.39 is 11.8 Å². The van der Waals surface area contributed by atoms with Crippen LogP contribution in [0.3, 0.4) is 0 Å². The molecule has 0 radical (unpaired) electrons. The maximum Gasteiger partial charge on any atom is 0.378 e. The zero-order valence-corrected chi connectivity index (χ0v) is 11.2. The standard InChI is InChI=1S/C13H10O3S2/c1-16-13(15)10(14)6-4-9-5-7-12(18-9)11-3-2-8-17-11/h2-8H,1H3/b6-4+. The molecule has 0 spiro atoms. The van der Waals surface area contributed by atoms with Gasteiger partial charge in [0, 0.05) is 14.6 Å². The van der Waals surface area contributed by atoms with Gasteiger partial charge in [0.25, 0.3) is 5.78 Å². The predicted octanol–water partition coefficient (Wildman–Crippen LogP) is 3.23. The number of ketones is 1. The molecule has 2 rings (SSSR count). The Labute approximate surface area is 112 Å². The summed E-state index contributed by atoms with van der Waals surface area (Å²) in [7, 11) is 1.19. The Kier molecular flexibility index (Phi) is 4.07. The SMILES string of the molecule is COC(=O)C(=O)/C=C/c1ccc(-c2cccs2)s1. The first-order valence-electron chi connectivity index (χ1n) is 5.15. The van der Waals surface area contributed by atoms with Crippen molar-refractivity contribution in [3.63, 3.8) is 0 Å². The van der Waals surface area contributed by atoms with Gasteiger partial charge in [-0.05, 0) is 35.7 Å². The fourth-order valence-corrected chi connectivity index (χ4v) is 3.07. The lowest BCUT2D eigenvalue weighted by Crippen LogP contribution is -2.11. The van der Waals surface area contributed by atoms with Crippen molar-refractivity contribution in [1.82, 2.24) is 0 Å². The number of hydrogen-bond donors (Lipinski definition) is 0. The molecule has 0 unspecified atom stereocenters. The highest BCUT2D eigenvalue weighted by Crippen LogP contribution is 2.31. The number of thiophene rings is 2. The van der Waals surface area contributed by atoms with Crippen LogP contribution in [0.5, 0.6) is 0 Å². The lowest BCUT2D eigenvalue weighted by molar-refractivity contribution is -0.149. The van der Waals surface area contributed by atoms with Crippen molar-refractivity contribution in [2.24, 2.45) is 0 Å². The van der Waals surface area contributed by atoms with Crippen molar-refractivity contribution in [2.75, 3.05) is 7.11 Å². The number of esters is 1. The topological polar surface area (TPSA) is 43.4 Å². The number of carbonyl (C=O) groups is 2. The fourth-order valence-electron chi connectivity index (χ4n) is 1.32. The molecule has 18 heavy (non-hydrogen) atoms. The first-order valence-corrected chi connectivity index (χ1v) is 6.84. The molecule has 2 heterocycles. The molecular formula is C13H10O3S2. The van der Waals surface area contributed by atoms with E-state index in [4.69, 9.17) is 0 Å². The van der Waals surface area contributed by atoms with Crippen molar-refractivity contribution < 1.29 is 14.3 Å². The number of rotatable bonds is 4. The van der Waals surface area contributed by atoms with Crippen LogP contribution in [0.4, 0.5) is 0 Å². The Morgan fingerprint density at radius 3 is 2.72 bits per heavy atom. The largest absolute Gasteiger partial charge is 0.463 e. The average Bonchev–Trinajstić information content (AvgIpc) is 3.04. The van der Waals surface area contributed by atoms with Crippen LogP contribution in [-0.2, 0) is 14.3 Å². The zero-order valence-electron chi connectivity index (χ0n) is 9.58. The molecule has 2 aromatic heterocycles. The van der Waals surface area contributed by atoms with Crippen LogP contribution in [0.15, 0.2) is 35.7 Å². The summed E-state index contributed by atoms with van der Waals surface area (Å²) < 4.78 is 4.33. The summed E-state index contributed by atoms with van der Waals surface area (Å²) in [6, 6.07) is 7.96. The number of ether oxygens (including phenoxy) is 1. The van der Waals surface area contributed by atoms with Gasteiger partial charge in [-0.3, -0.25) is 4.79 Å². The van der Waals surface area contributed by atoms with Gasteiger partial charge >= 0.3 is 5.97 Å². The van der Waals surface area contributed by atoms with Gasteiger partial charge in [-0.15, -0.1) is 22.7 Å². The maximum absolute atomic E-state index is 11.2. The van der Waals surface area contributed by atoms with Crippen LogP contribution in [-0.4, -0.2) is 18.9 Å². The molecule has 3 nitrogen and oxygen atoms in total. The van der Waals surface area contributed by atoms with Crippen molar-refractivity contribution in [2.45, 2.75) is 0 Å². The van der Waals surface area contributed by atoms with Gasteiger partial charge in [-0.1, -0.05) is 6.07 Å². The van der Waals surface area contributed by atoms with Crippen LogP contribution in [0, 0.1) is 0 Å². The lowest BCUT2D eigenvalue weighted by atomic mass is 10.3. The second-order valence-corrected chi connectivity index (χ2v) is 5.43. The summed E-state index contributed by atoms with van der Waals surface area (Å²) in [5.41, 5.74) is 0. The highest BCUT2D eigenvalue weighted by atomic mass is 32.1. The van der Waals surface area contributed by atoms with Crippen molar-refractivity contribution in [3.8, 4) is 9.75 Å². The summed E-state index contributed by atoms with van der Waals surface area (Å²) >= 11 is 3.24. The Morgan fingerprint density at radius 2 is 2.06 bits per heavy atom. The van der Waals surface area contributed by atoms with Crippen molar-refractivity contribution in [3.05, 3.63) is 40.6 Å². The normalized spacial score (nSPS) is 10.7. The molecule has 2 aromatic rings. The highest BCUT2D eigenvalue weighted by Gasteiger charge is 2.09. The molecular weight excluding hydrogens is 268 g/mol. The van der Waals surface area contributed by atoms with Crippen LogP contribution in [0.1, 0.15) is 4.88 Å². The monoisotopic (exact) mass is 278 g/mol. The van der Waals surface area contributed by atoms with Crippen molar-refractivity contribution >= 4 is 40.5 Å². The molecule has 0 aliphatic carbocycles. The molecule has 0 bridgehead atoms. The van der Waals surface area contributed by atoms with Gasteiger partial charge in [-0.2, -0.15) is 0 Å². The van der Waals surface area contributed by atoms with Gasteiger partial charge in [-0.25, -0.2) is 4.79 Å². The Balaban J connectivity index is 2.10. The molecule has 5 heteroatoms. The molecule has 0 fully saturated rings. The third kappa shape index (κ3) is 2.94. The van der Waals surface area contributed by atoms with Gasteiger partial charge in [0.2, 0.25) is 0 Å². The summed E-state index contributed by atoms with van der Waals surface area (Å²) in [6.45, 7) is 0. The third-order valence-electron chi connectivity index (χ3n) is 2.18. The zero-order chi connectivity index (χ0) is 13.0. The minimum absolute atomic E-state index is 0.649. The van der Waals surface area contributed by atoms with Crippen LogP contribution < -0.4 is 0 Å². The molecule has 0 saturated carbocycles. The van der Waals surface area contributed by atoms with E-state index in [0.29, 0.717) is 0 Å². The average molecular weight is 278 g/mol. The molecule has 0 aromatic carbocycles. The molecule has 0 saturated heterocycles. The van der Waals surface area contributed by atoms with Gasteiger partial charge in [0.05, 0.1) is 7.11 Å². The van der Waals surface area contributed by atoms with E-state index in [1.807, 2.05) is 29.6 Å². The Hall–Kier alpha value is -1.72. The van der Waals surface area contributed by atoms with E-state index in [9.17, 15) is 9.59 Å². The number of methoxy groups -OCH3 is 1. The van der Waals surface area contributed by atoms with E-state index in [1.165, 1.54) is 18.1 Å². The molecule has 92 valence electrons. The molecule has 0 aliphatic rings. The lowest BCUT2D eigenvalue weighted by Gasteiger charge is -1.90. The summed E-state index contributed by atoms with van der Waals surface area (Å²) in [5, 5.41) is 2.02. The third-order valence-corrected chi connectivity index (χ3v) is 4.29. The smallest absolute Gasteiger partial charge is 0.378 e. The summed E-state index contributed by atoms with van der Waals surface area (Å²) in [6.07, 6.45) is 2.86. The molecule has 0 atom stereocenters. The van der Waals surface area contributed by atoms with Gasteiger partial charge in [0.15, 0.2) is 0 Å². The van der Waals surface area contributed by atoms with Gasteiger partial charge in [0.1, 0.15) is 0 Å². The van der Waals surface area contributed by atoms with Crippen LogP contribution >= 0.6 is 22.7 Å². The van der Waals surface area contributed by atoms with Crippen molar-refractivity contribution in [1.29, 1.82) is 0 Å². The minimum Gasteiger partial charge on any atom is -0.463 e. The maximum atomic E-state index is 11.2. The second-order valence-electron chi connectivity index (χ2n) is 3.37. The van der Waals surface area contributed by atoms with Gasteiger partial charge < -0.3 is 4.74 Å². The van der Waals surface area contributed by atoms with Crippen LogP contribution in [0.25, 0.3) is 15.8 Å². The molecule has 0 aliphatic heterocycles. The minimum atomic E-state index is -0.846.